The second-order valence-electron chi connectivity index (χ2n) is 3.23. The van der Waals surface area contributed by atoms with Crippen LogP contribution in [0.2, 0.25) is 0 Å². The average molecular weight is 359 g/mol. The number of halogens is 1. The van der Waals surface area contributed by atoms with E-state index in [1.165, 1.54) is 0 Å². The van der Waals surface area contributed by atoms with Crippen LogP contribution in [0.4, 0.5) is 0 Å². The van der Waals surface area contributed by atoms with Gasteiger partial charge in [-0.25, -0.2) is 0 Å². The predicted octanol–water partition coefficient (Wildman–Crippen LogP) is 5.30. The van der Waals surface area contributed by atoms with Gasteiger partial charge in [-0.15, -0.1) is 0 Å². The summed E-state index contributed by atoms with van der Waals surface area (Å²) in [5, 5.41) is 0. The summed E-state index contributed by atoms with van der Waals surface area (Å²) < 4.78 is 0. The minimum atomic E-state index is 1.81. The number of hydrogen-bond donors (Lipinski definition) is 0. The summed E-state index contributed by atoms with van der Waals surface area (Å²) in [7, 11) is 0. The maximum absolute atomic E-state index is 2.94. The van der Waals surface area contributed by atoms with E-state index in [-0.39, 0.29) is 0 Å². The maximum Gasteiger partial charge on any atom is -0.171 e. The average Bonchev–Trinajstić information content (AvgIpc) is 2.62. The summed E-state index contributed by atoms with van der Waals surface area (Å²) in [5.41, 5.74) is 0. The van der Waals surface area contributed by atoms with Gasteiger partial charge in [-0.1, -0.05) is 0 Å². The number of benzene rings is 3. The molecule has 0 heterocycles. The van der Waals surface area contributed by atoms with Crippen LogP contribution in [0, 0.1) is 18.2 Å². The van der Waals surface area contributed by atoms with Crippen LogP contribution >= 0.6 is 13.2 Å². The normalized spacial score (nSPS) is 7.55. The van der Waals surface area contributed by atoms with Gasteiger partial charge < -0.3 is 0 Å². The molecule has 0 unspecified atom stereocenters. The third-order valence-corrected chi connectivity index (χ3v) is 1.82. The van der Waals surface area contributed by atoms with Crippen molar-refractivity contribution >= 4 is 13.2 Å². The Bertz CT molecular complexity index is 302. The quantitative estimate of drug-likeness (QED) is 0.377. The SMILES string of the molecule is [Ti+3][Br].[c-]1ccccc1.[c-]1ccccc1.[c-]1ccccc1. The topological polar surface area (TPSA) is 0 Å². The van der Waals surface area contributed by atoms with Crippen molar-refractivity contribution in [3.63, 3.8) is 0 Å². The zero-order valence-electron chi connectivity index (χ0n) is 11.0. The third kappa shape index (κ3) is 14.9. The molecule has 3 rings (SSSR count). The molecule has 0 radical (unpaired) electrons. The van der Waals surface area contributed by atoms with Crippen molar-refractivity contribution in [1.82, 2.24) is 0 Å². The van der Waals surface area contributed by atoms with Crippen LogP contribution in [0.25, 0.3) is 0 Å². The molecule has 0 amide bonds. The van der Waals surface area contributed by atoms with Crippen molar-refractivity contribution in [3.8, 4) is 0 Å². The summed E-state index contributed by atoms with van der Waals surface area (Å²) in [4.78, 5) is 0. The van der Waals surface area contributed by atoms with Crippen LogP contribution in [0.3, 0.4) is 0 Å². The first-order chi connectivity index (χ1) is 10.0. The molecule has 0 aromatic heterocycles. The molecule has 2 heteroatoms. The first kappa shape index (κ1) is 18.9. The summed E-state index contributed by atoms with van der Waals surface area (Å²) in [5.74, 6) is 0. The molecule has 0 spiro atoms. The molecule has 0 saturated heterocycles. The smallest absolute Gasteiger partial charge is 0.171 e. The summed E-state index contributed by atoms with van der Waals surface area (Å²) in [6, 6.07) is 37.5. The van der Waals surface area contributed by atoms with Gasteiger partial charge in [-0.3, -0.25) is 0 Å². The van der Waals surface area contributed by atoms with E-state index in [9.17, 15) is 0 Å². The summed E-state index contributed by atoms with van der Waals surface area (Å²) in [6.07, 6.45) is 0. The Morgan fingerprint density at radius 1 is 0.400 bits per heavy atom. The Morgan fingerprint density at radius 3 is 0.650 bits per heavy atom. The van der Waals surface area contributed by atoms with E-state index < -0.39 is 0 Å². The number of rotatable bonds is 0. The molecule has 0 saturated carbocycles. The summed E-state index contributed by atoms with van der Waals surface area (Å²) >= 11 is 4.75. The minimum Gasteiger partial charge on any atom is -0.184 e. The van der Waals surface area contributed by atoms with Gasteiger partial charge in [0.25, 0.3) is 0 Å². The molecule has 3 aromatic rings. The van der Waals surface area contributed by atoms with Crippen molar-refractivity contribution in [2.75, 3.05) is 0 Å². The second kappa shape index (κ2) is 17.9. The first-order valence-corrected chi connectivity index (χ1v) is 9.78. The third-order valence-electron chi connectivity index (χ3n) is 1.82. The zero-order valence-corrected chi connectivity index (χ0v) is 14.2. The molecule has 0 aliphatic rings. The van der Waals surface area contributed by atoms with Crippen molar-refractivity contribution in [2.24, 2.45) is 0 Å². The molecule has 0 atom stereocenters. The zero-order chi connectivity index (χ0) is 14.7. The van der Waals surface area contributed by atoms with E-state index in [2.05, 4.69) is 31.4 Å². The molecule has 20 heavy (non-hydrogen) atoms. The Labute approximate surface area is 140 Å². The Hall–Kier alpha value is -1.15. The van der Waals surface area contributed by atoms with Gasteiger partial charge >= 0.3 is 31.5 Å². The Morgan fingerprint density at radius 2 is 0.600 bits per heavy atom. The largest absolute Gasteiger partial charge is 0.184 e. The molecule has 0 fully saturated rings. The van der Waals surface area contributed by atoms with E-state index in [1.807, 2.05) is 109 Å². The van der Waals surface area contributed by atoms with E-state index in [1.54, 1.807) is 0 Å². The Kier molecular flexibility index (Phi) is 16.8. The second-order valence-corrected chi connectivity index (χ2v) is 3.23. The van der Waals surface area contributed by atoms with E-state index in [4.69, 9.17) is 0 Å². The van der Waals surface area contributed by atoms with E-state index in [0.29, 0.717) is 0 Å². The van der Waals surface area contributed by atoms with Crippen molar-refractivity contribution in [1.29, 1.82) is 0 Å². The van der Waals surface area contributed by atoms with Crippen molar-refractivity contribution in [3.05, 3.63) is 109 Å². The van der Waals surface area contributed by atoms with Crippen LogP contribution in [0.5, 0.6) is 0 Å². The van der Waals surface area contributed by atoms with Gasteiger partial charge in [0.2, 0.25) is 0 Å². The van der Waals surface area contributed by atoms with Crippen LogP contribution in [0.15, 0.2) is 91.0 Å². The number of hydrogen-bond acceptors (Lipinski definition) is 0. The minimum absolute atomic E-state index is 1.81. The standard InChI is InChI=1S/3C6H5.BrH.Ti/c3*1-2-4-6-5-3-1;;/h3*1-5H;1H;/q3*-1;;+4/p-1. The molecule has 0 N–H and O–H groups in total. The molecule has 0 bridgehead atoms. The molecule has 0 aliphatic carbocycles. The molecule has 98 valence electrons. The molecule has 0 aliphatic heterocycles. The fourth-order valence-corrected chi connectivity index (χ4v) is 1.03. The van der Waals surface area contributed by atoms with Gasteiger partial charge in [-0.2, -0.15) is 109 Å². The van der Waals surface area contributed by atoms with Crippen LogP contribution < -0.4 is 0 Å². The fourth-order valence-electron chi connectivity index (χ4n) is 1.03. The van der Waals surface area contributed by atoms with Gasteiger partial charge in [-0.05, 0) is 0 Å². The maximum atomic E-state index is 2.94. The van der Waals surface area contributed by atoms with Crippen LogP contribution in [0.1, 0.15) is 0 Å². The van der Waals surface area contributed by atoms with Gasteiger partial charge in [0.15, 0.2) is 0 Å². The Balaban J connectivity index is 0.000000255. The van der Waals surface area contributed by atoms with E-state index in [0.717, 1.165) is 0 Å². The van der Waals surface area contributed by atoms with Crippen molar-refractivity contribution in [2.45, 2.75) is 0 Å². The van der Waals surface area contributed by atoms with Crippen molar-refractivity contribution < 1.29 is 18.3 Å². The molecule has 0 nitrogen and oxygen atoms in total. The molecular weight excluding hydrogens is 344 g/mol. The first-order valence-electron chi connectivity index (χ1n) is 5.92. The molecular formula is C18H15BrTi. The van der Waals surface area contributed by atoms with Crippen LogP contribution in [-0.4, -0.2) is 0 Å². The van der Waals surface area contributed by atoms with Gasteiger partial charge in [0.05, 0.1) is 0 Å². The summed E-state index contributed by atoms with van der Waals surface area (Å²) in [6.45, 7) is 0. The fraction of sp³-hybridized carbons (Fsp3) is 0. The predicted molar refractivity (Wildman–Crippen MR) is 84.8 cm³/mol. The van der Waals surface area contributed by atoms with Gasteiger partial charge in [0.1, 0.15) is 0 Å². The van der Waals surface area contributed by atoms with E-state index >= 15 is 0 Å². The van der Waals surface area contributed by atoms with Gasteiger partial charge in [0, 0.05) is 0 Å². The monoisotopic (exact) mass is 358 g/mol. The molecule has 3 aromatic carbocycles. The van der Waals surface area contributed by atoms with Crippen LogP contribution in [-0.2, 0) is 18.3 Å².